The fraction of sp³-hybridized carbons (Fsp3) is 0.909. The zero-order chi connectivity index (χ0) is 11.2. The predicted molar refractivity (Wildman–Crippen MR) is 67.1 cm³/mol. The molecule has 3 heteroatoms. The second kappa shape index (κ2) is 6.33. The molecule has 3 N–H and O–H groups in total. The molecule has 0 saturated heterocycles. The minimum absolute atomic E-state index is 0.113. The molecule has 0 fully saturated rings. The normalized spacial score (nSPS) is 12.1. The van der Waals surface area contributed by atoms with E-state index in [4.69, 9.17) is 11.1 Å². The Morgan fingerprint density at radius 3 is 2.43 bits per heavy atom. The maximum absolute atomic E-state index is 7.42. The van der Waals surface area contributed by atoms with Crippen LogP contribution in [-0.2, 0) is 0 Å². The van der Waals surface area contributed by atoms with Crippen LogP contribution in [0.1, 0.15) is 40.5 Å². The lowest BCUT2D eigenvalue weighted by molar-refractivity contribution is 0.464. The van der Waals surface area contributed by atoms with E-state index in [2.05, 4.69) is 13.8 Å². The Labute approximate surface area is 92.5 Å². The van der Waals surface area contributed by atoms with E-state index in [9.17, 15) is 0 Å². The molecule has 84 valence electrons. The molecule has 0 spiro atoms. The van der Waals surface area contributed by atoms with Gasteiger partial charge in [0.15, 0.2) is 0 Å². The molecule has 0 aliphatic carbocycles. The second-order valence-electron chi connectivity index (χ2n) is 4.87. The van der Waals surface area contributed by atoms with Crippen LogP contribution in [-0.4, -0.2) is 17.3 Å². The summed E-state index contributed by atoms with van der Waals surface area (Å²) in [5.41, 5.74) is 5.40. The van der Waals surface area contributed by atoms with Gasteiger partial charge in [-0.15, -0.1) is 0 Å². The molecular formula is C11H24N2S. The quantitative estimate of drug-likeness (QED) is 0.390. The van der Waals surface area contributed by atoms with Crippen LogP contribution >= 0.6 is 11.8 Å². The number of hydrogen-bond acceptors (Lipinski definition) is 2. The highest BCUT2D eigenvalue weighted by molar-refractivity contribution is 7.99. The Hall–Kier alpha value is -0.180. The fourth-order valence-corrected chi connectivity index (χ4v) is 2.06. The number of nitrogens with two attached hydrogens (primary N) is 1. The number of nitrogens with one attached hydrogen (secondary N) is 1. The molecule has 0 atom stereocenters. The van der Waals surface area contributed by atoms with Gasteiger partial charge in [0.25, 0.3) is 0 Å². The molecule has 0 rings (SSSR count). The van der Waals surface area contributed by atoms with Gasteiger partial charge in [-0.25, -0.2) is 0 Å². The zero-order valence-electron chi connectivity index (χ0n) is 9.89. The van der Waals surface area contributed by atoms with Crippen LogP contribution in [0.5, 0.6) is 0 Å². The average Bonchev–Trinajstić information content (AvgIpc) is 2.02. The van der Waals surface area contributed by atoms with Crippen molar-refractivity contribution in [2.75, 3.05) is 11.5 Å². The molecular weight excluding hydrogens is 192 g/mol. The van der Waals surface area contributed by atoms with Crippen LogP contribution in [0.4, 0.5) is 0 Å². The van der Waals surface area contributed by atoms with E-state index in [-0.39, 0.29) is 5.41 Å². The molecule has 0 aliphatic rings. The molecule has 0 radical (unpaired) electrons. The maximum atomic E-state index is 7.42. The van der Waals surface area contributed by atoms with E-state index in [1.165, 1.54) is 11.5 Å². The lowest BCUT2D eigenvalue weighted by Gasteiger charge is -2.22. The molecule has 0 heterocycles. The Morgan fingerprint density at radius 1 is 1.43 bits per heavy atom. The van der Waals surface area contributed by atoms with Gasteiger partial charge in [0.1, 0.15) is 0 Å². The average molecular weight is 216 g/mol. The minimum Gasteiger partial charge on any atom is -0.387 e. The van der Waals surface area contributed by atoms with E-state index in [1.54, 1.807) is 0 Å². The van der Waals surface area contributed by atoms with Crippen molar-refractivity contribution >= 4 is 17.6 Å². The summed E-state index contributed by atoms with van der Waals surface area (Å²) in [7, 11) is 0. The highest BCUT2D eigenvalue weighted by Gasteiger charge is 2.20. The standard InChI is InChI=1S/C11H24N2S/c1-9(2)8-14-7-5-6-11(3,4)10(12)13/h9H,5-8H2,1-4H3,(H3,12,13). The molecule has 14 heavy (non-hydrogen) atoms. The molecule has 0 aromatic rings. The summed E-state index contributed by atoms with van der Waals surface area (Å²) in [5.74, 6) is 3.52. The summed E-state index contributed by atoms with van der Waals surface area (Å²) in [4.78, 5) is 0. The Kier molecular flexibility index (Phi) is 6.25. The lowest BCUT2D eigenvalue weighted by atomic mass is 9.87. The zero-order valence-corrected chi connectivity index (χ0v) is 10.7. The van der Waals surface area contributed by atoms with Crippen LogP contribution in [0.25, 0.3) is 0 Å². The summed E-state index contributed by atoms with van der Waals surface area (Å²) in [6.07, 6.45) is 2.18. The predicted octanol–water partition coefficient (Wildman–Crippen LogP) is 3.12. The van der Waals surface area contributed by atoms with Gasteiger partial charge in [-0.1, -0.05) is 27.7 Å². The molecule has 0 amide bonds. The van der Waals surface area contributed by atoms with Gasteiger partial charge < -0.3 is 5.73 Å². The van der Waals surface area contributed by atoms with Crippen molar-refractivity contribution in [3.63, 3.8) is 0 Å². The van der Waals surface area contributed by atoms with E-state index < -0.39 is 0 Å². The van der Waals surface area contributed by atoms with Crippen molar-refractivity contribution in [2.24, 2.45) is 17.1 Å². The fourth-order valence-electron chi connectivity index (χ4n) is 1.07. The van der Waals surface area contributed by atoms with Crippen molar-refractivity contribution in [1.29, 1.82) is 5.41 Å². The van der Waals surface area contributed by atoms with Crippen LogP contribution < -0.4 is 5.73 Å². The molecule has 0 saturated carbocycles. The minimum atomic E-state index is -0.113. The highest BCUT2D eigenvalue weighted by Crippen LogP contribution is 2.23. The van der Waals surface area contributed by atoms with Crippen molar-refractivity contribution in [2.45, 2.75) is 40.5 Å². The molecule has 2 nitrogen and oxygen atoms in total. The van der Waals surface area contributed by atoms with Gasteiger partial charge in [0.2, 0.25) is 0 Å². The maximum Gasteiger partial charge on any atom is 0.0963 e. The van der Waals surface area contributed by atoms with Crippen molar-refractivity contribution in [3.8, 4) is 0 Å². The van der Waals surface area contributed by atoms with E-state index in [0.29, 0.717) is 5.84 Å². The Balaban J connectivity index is 3.49. The van der Waals surface area contributed by atoms with Crippen molar-refractivity contribution in [1.82, 2.24) is 0 Å². The van der Waals surface area contributed by atoms with E-state index in [0.717, 1.165) is 18.8 Å². The number of amidine groups is 1. The first-order valence-electron chi connectivity index (χ1n) is 5.28. The Bertz CT molecular complexity index is 176. The highest BCUT2D eigenvalue weighted by atomic mass is 32.2. The largest absolute Gasteiger partial charge is 0.387 e. The molecule has 0 bridgehead atoms. The molecule has 0 aromatic carbocycles. The van der Waals surface area contributed by atoms with Gasteiger partial charge in [0, 0.05) is 5.41 Å². The monoisotopic (exact) mass is 216 g/mol. The number of thioether (sulfide) groups is 1. The summed E-state index contributed by atoms with van der Waals surface area (Å²) in [5, 5.41) is 7.42. The molecule has 0 unspecified atom stereocenters. The first-order chi connectivity index (χ1) is 6.36. The molecule has 0 aromatic heterocycles. The second-order valence-corrected chi connectivity index (χ2v) is 6.02. The van der Waals surface area contributed by atoms with Crippen LogP contribution in [0.15, 0.2) is 0 Å². The molecule has 0 aliphatic heterocycles. The first-order valence-corrected chi connectivity index (χ1v) is 6.44. The van der Waals surface area contributed by atoms with Gasteiger partial charge >= 0.3 is 0 Å². The van der Waals surface area contributed by atoms with Gasteiger partial charge in [-0.2, -0.15) is 11.8 Å². The van der Waals surface area contributed by atoms with Crippen molar-refractivity contribution in [3.05, 3.63) is 0 Å². The first kappa shape index (κ1) is 13.8. The number of hydrogen-bond donors (Lipinski definition) is 2. The number of rotatable bonds is 7. The van der Waals surface area contributed by atoms with E-state index in [1.807, 2.05) is 25.6 Å². The Morgan fingerprint density at radius 2 is 2.00 bits per heavy atom. The van der Waals surface area contributed by atoms with Gasteiger partial charge in [0.05, 0.1) is 5.84 Å². The van der Waals surface area contributed by atoms with E-state index >= 15 is 0 Å². The smallest absolute Gasteiger partial charge is 0.0963 e. The summed E-state index contributed by atoms with van der Waals surface area (Å²) < 4.78 is 0. The summed E-state index contributed by atoms with van der Waals surface area (Å²) >= 11 is 2.00. The van der Waals surface area contributed by atoms with Crippen LogP contribution in [0.3, 0.4) is 0 Å². The van der Waals surface area contributed by atoms with Crippen LogP contribution in [0.2, 0.25) is 0 Å². The third-order valence-electron chi connectivity index (χ3n) is 2.27. The van der Waals surface area contributed by atoms with Crippen LogP contribution in [0, 0.1) is 16.7 Å². The lowest BCUT2D eigenvalue weighted by Crippen LogP contribution is -2.30. The third kappa shape index (κ3) is 6.30. The van der Waals surface area contributed by atoms with Crippen molar-refractivity contribution < 1.29 is 0 Å². The summed E-state index contributed by atoms with van der Waals surface area (Å²) in [6.45, 7) is 8.57. The van der Waals surface area contributed by atoms with Gasteiger partial charge in [-0.3, -0.25) is 5.41 Å². The topological polar surface area (TPSA) is 49.9 Å². The summed E-state index contributed by atoms with van der Waals surface area (Å²) in [6, 6.07) is 0. The third-order valence-corrected chi connectivity index (χ3v) is 3.75. The van der Waals surface area contributed by atoms with Gasteiger partial charge in [-0.05, 0) is 30.3 Å². The SMILES string of the molecule is CC(C)CSCCCC(C)(C)C(=N)N.